The van der Waals surface area contributed by atoms with Crippen molar-refractivity contribution in [2.24, 2.45) is 15.9 Å². The van der Waals surface area contributed by atoms with Crippen molar-refractivity contribution in [3.8, 4) is 0 Å². The number of carbonyl (C=O) groups excluding carboxylic acids is 1. The van der Waals surface area contributed by atoms with Crippen LogP contribution < -0.4 is 11.2 Å². The lowest BCUT2D eigenvalue weighted by atomic mass is 9.98. The molecule has 0 heterocycles. The van der Waals surface area contributed by atoms with Gasteiger partial charge in [-0.2, -0.15) is 16.9 Å². The number of hydrogen-bond acceptors (Lipinski definition) is 5. The fourth-order valence-electron chi connectivity index (χ4n) is 3.35. The maximum atomic E-state index is 12.7. The van der Waals surface area contributed by atoms with E-state index in [1.54, 1.807) is 18.3 Å². The summed E-state index contributed by atoms with van der Waals surface area (Å²) in [6.07, 6.45) is 13.1. The monoisotopic (exact) mass is 652 g/mol. The molecule has 1 amide bonds. The number of carbonyl (C=O) groups is 1. The summed E-state index contributed by atoms with van der Waals surface area (Å²) in [7, 11) is 0. The number of halogens is 2. The molecular formula is C29H42Br2N4OS. The van der Waals surface area contributed by atoms with Crippen molar-refractivity contribution in [3.63, 3.8) is 0 Å². The van der Waals surface area contributed by atoms with E-state index in [2.05, 4.69) is 93.2 Å². The second-order valence-electron chi connectivity index (χ2n) is 9.82. The zero-order chi connectivity index (χ0) is 27.8. The van der Waals surface area contributed by atoms with Crippen LogP contribution in [0.4, 0.5) is 0 Å². The van der Waals surface area contributed by atoms with Crippen LogP contribution in [0, 0.1) is 0 Å². The fourth-order valence-corrected chi connectivity index (χ4v) is 5.45. The average Bonchev–Trinajstić information content (AvgIpc) is 2.79. The van der Waals surface area contributed by atoms with Crippen LogP contribution >= 0.6 is 43.6 Å². The Kier molecular flexibility index (Phi) is 16.1. The molecule has 0 unspecified atom stereocenters. The largest absolute Gasteiger partial charge is 0.341 e. The number of nitrogens with two attached hydrogens (primary N) is 1. The molecule has 0 spiro atoms. The van der Waals surface area contributed by atoms with Gasteiger partial charge in [-0.25, -0.2) is 0 Å². The molecule has 8 heteroatoms. The Morgan fingerprint density at radius 2 is 1.59 bits per heavy atom. The summed E-state index contributed by atoms with van der Waals surface area (Å²) in [4.78, 5) is 17.2. The summed E-state index contributed by atoms with van der Waals surface area (Å²) in [5.74, 6) is 7.29. The molecule has 37 heavy (non-hydrogen) atoms. The Morgan fingerprint density at radius 3 is 2.19 bits per heavy atom. The van der Waals surface area contributed by atoms with E-state index in [-0.39, 0.29) is 5.91 Å². The molecule has 0 fully saturated rings. The first-order chi connectivity index (χ1) is 17.4. The molecule has 0 aliphatic heterocycles. The van der Waals surface area contributed by atoms with Gasteiger partial charge in [0.1, 0.15) is 5.71 Å². The lowest BCUT2D eigenvalue weighted by Crippen LogP contribution is -2.50. The second-order valence-corrected chi connectivity index (χ2v) is 12.8. The first-order valence-electron chi connectivity index (χ1n) is 12.5. The molecule has 0 bridgehead atoms. The summed E-state index contributed by atoms with van der Waals surface area (Å²) in [6.45, 7) is 13.1. The number of benzene rings is 1. The van der Waals surface area contributed by atoms with E-state index in [0.29, 0.717) is 17.8 Å². The molecule has 0 aromatic heterocycles. The molecule has 0 atom stereocenters. The zero-order valence-corrected chi connectivity index (χ0v) is 27.0. The van der Waals surface area contributed by atoms with Gasteiger partial charge in [0.25, 0.3) is 5.91 Å². The Labute approximate surface area is 244 Å². The average molecular weight is 655 g/mol. The number of nitrogens with zero attached hydrogens (tertiary/aromatic N) is 2. The van der Waals surface area contributed by atoms with Gasteiger partial charge in [0.15, 0.2) is 0 Å². The predicted octanol–water partition coefficient (Wildman–Crippen LogP) is 8.26. The van der Waals surface area contributed by atoms with Crippen LogP contribution in [-0.4, -0.2) is 41.4 Å². The van der Waals surface area contributed by atoms with Gasteiger partial charge < -0.3 is 11.2 Å². The van der Waals surface area contributed by atoms with Crippen molar-refractivity contribution in [2.75, 3.05) is 18.1 Å². The molecule has 0 aliphatic carbocycles. The third-order valence-corrected chi connectivity index (χ3v) is 7.37. The van der Waals surface area contributed by atoms with Crippen LogP contribution in [-0.2, 0) is 0 Å². The van der Waals surface area contributed by atoms with Gasteiger partial charge in [-0.3, -0.25) is 9.79 Å². The molecule has 5 nitrogen and oxygen atoms in total. The zero-order valence-electron chi connectivity index (χ0n) is 23.0. The number of allylic oxidation sites excluding steroid dienone is 5. The maximum Gasteiger partial charge on any atom is 0.252 e. The first kappa shape index (κ1) is 33.4. The summed E-state index contributed by atoms with van der Waals surface area (Å²) < 4.78 is 1.64. The minimum atomic E-state index is -0.768. The van der Waals surface area contributed by atoms with Crippen molar-refractivity contribution in [1.29, 1.82) is 0 Å². The van der Waals surface area contributed by atoms with Crippen molar-refractivity contribution in [3.05, 3.63) is 67.7 Å². The maximum absolute atomic E-state index is 12.7. The Balaban J connectivity index is 2.41. The van der Waals surface area contributed by atoms with Crippen LogP contribution in [0.2, 0.25) is 0 Å². The smallest absolute Gasteiger partial charge is 0.252 e. The van der Waals surface area contributed by atoms with Crippen LogP contribution in [0.25, 0.3) is 0 Å². The predicted molar refractivity (Wildman–Crippen MR) is 171 cm³/mol. The molecule has 1 aromatic carbocycles. The van der Waals surface area contributed by atoms with E-state index in [0.717, 1.165) is 46.1 Å². The van der Waals surface area contributed by atoms with Crippen LogP contribution in [0.15, 0.2) is 72.2 Å². The lowest BCUT2D eigenvalue weighted by Gasteiger charge is -2.25. The molecule has 0 aliphatic rings. The van der Waals surface area contributed by atoms with Gasteiger partial charge in [0.2, 0.25) is 0 Å². The molecule has 0 radical (unpaired) electrons. The molecule has 0 saturated carbocycles. The third-order valence-electron chi connectivity index (χ3n) is 5.58. The highest BCUT2D eigenvalue weighted by molar-refractivity contribution is 9.11. The van der Waals surface area contributed by atoms with Gasteiger partial charge in [-0.15, -0.1) is 0 Å². The second kappa shape index (κ2) is 17.8. The summed E-state index contributed by atoms with van der Waals surface area (Å²) in [6, 6.07) is 5.41. The summed E-state index contributed by atoms with van der Waals surface area (Å²) in [5.41, 5.74) is 4.57. The number of nitrogens with one attached hydrogen (secondary N) is 1. The SMILES string of the molecule is CC(C)=CCC/C(C)=C/CC/C(C)=C/CSCCN=C/C(=N\N)C(C)(C)NC(=O)c1cc(Br)cc(Br)c1. The molecule has 1 aromatic rings. The van der Waals surface area contributed by atoms with E-state index in [9.17, 15) is 4.79 Å². The van der Waals surface area contributed by atoms with Crippen molar-refractivity contribution < 1.29 is 4.79 Å². The highest BCUT2D eigenvalue weighted by atomic mass is 79.9. The van der Waals surface area contributed by atoms with Gasteiger partial charge in [0, 0.05) is 38.8 Å². The van der Waals surface area contributed by atoms with Gasteiger partial charge in [-0.05, 0) is 85.4 Å². The van der Waals surface area contributed by atoms with Gasteiger partial charge in [0.05, 0.1) is 5.54 Å². The molecule has 3 N–H and O–H groups in total. The molecule has 204 valence electrons. The normalized spacial score (nSPS) is 13.2. The lowest BCUT2D eigenvalue weighted by molar-refractivity contribution is 0.0932. The topological polar surface area (TPSA) is 79.8 Å². The highest BCUT2D eigenvalue weighted by Gasteiger charge is 2.27. The number of hydrogen-bond donors (Lipinski definition) is 2. The molecular weight excluding hydrogens is 612 g/mol. The minimum Gasteiger partial charge on any atom is -0.341 e. The van der Waals surface area contributed by atoms with E-state index in [1.165, 1.54) is 16.7 Å². The number of aliphatic imine (C=N–C) groups is 1. The fraction of sp³-hybridized carbons (Fsp3) is 0.483. The number of rotatable bonds is 15. The van der Waals surface area contributed by atoms with Gasteiger partial charge >= 0.3 is 0 Å². The highest BCUT2D eigenvalue weighted by Crippen LogP contribution is 2.21. The molecule has 1 rings (SSSR count). The first-order valence-corrected chi connectivity index (χ1v) is 15.3. The van der Waals surface area contributed by atoms with E-state index in [1.807, 2.05) is 31.7 Å². The Hall–Kier alpha value is -1.64. The number of hydrazone groups is 1. The standard InChI is InChI=1S/C29H42Br2N4OS/c1-21(2)9-7-10-22(3)11-8-12-23(4)13-15-37-16-14-33-20-27(35-32)29(5,6)34-28(36)24-17-25(30)19-26(31)18-24/h9,11,13,17-20H,7-8,10,12,14-16,32H2,1-6H3,(H,34,36)/b22-11+,23-13+,33-20?,35-27+. The van der Waals surface area contributed by atoms with Crippen molar-refractivity contribution in [2.45, 2.75) is 72.8 Å². The van der Waals surface area contributed by atoms with E-state index >= 15 is 0 Å². The number of amides is 1. The number of thioether (sulfide) groups is 1. The van der Waals surface area contributed by atoms with Crippen molar-refractivity contribution in [1.82, 2.24) is 5.32 Å². The van der Waals surface area contributed by atoms with Crippen LogP contribution in [0.5, 0.6) is 0 Å². The molecule has 0 saturated heterocycles. The Bertz CT molecular complexity index is 1020. The van der Waals surface area contributed by atoms with E-state index in [4.69, 9.17) is 5.84 Å². The van der Waals surface area contributed by atoms with E-state index < -0.39 is 5.54 Å². The summed E-state index contributed by atoms with van der Waals surface area (Å²) in [5, 5.41) is 6.86. The minimum absolute atomic E-state index is 0.214. The van der Waals surface area contributed by atoms with Crippen molar-refractivity contribution >= 4 is 61.5 Å². The van der Waals surface area contributed by atoms with Crippen LogP contribution in [0.3, 0.4) is 0 Å². The van der Waals surface area contributed by atoms with Crippen LogP contribution in [0.1, 0.15) is 77.6 Å². The van der Waals surface area contributed by atoms with Gasteiger partial charge in [-0.1, -0.05) is 66.8 Å². The third kappa shape index (κ3) is 14.8. The quantitative estimate of drug-likeness (QED) is 0.0657. The Morgan fingerprint density at radius 1 is 1.00 bits per heavy atom. The summed E-state index contributed by atoms with van der Waals surface area (Å²) >= 11 is 8.68.